The van der Waals surface area contributed by atoms with E-state index in [1.54, 1.807) is 29.8 Å². The summed E-state index contributed by atoms with van der Waals surface area (Å²) in [6, 6.07) is 18.5. The quantitative estimate of drug-likeness (QED) is 0.730. The van der Waals surface area contributed by atoms with E-state index in [9.17, 15) is 9.90 Å². The molecule has 0 saturated carbocycles. The zero-order chi connectivity index (χ0) is 16.9. The standard InChI is InChI=1S/C19H18N2O3/c1-2-24-19(23)13-21-18(14-7-4-3-5-8-14)12-17(20-21)15-9-6-10-16(22)11-15/h3-12,22H,2,13H2,1H3. The fourth-order valence-electron chi connectivity index (χ4n) is 2.51. The minimum atomic E-state index is -0.333. The molecule has 1 heterocycles. The fraction of sp³-hybridized carbons (Fsp3) is 0.158. The summed E-state index contributed by atoms with van der Waals surface area (Å²) in [6.07, 6.45) is 0. The van der Waals surface area contributed by atoms with E-state index < -0.39 is 0 Å². The number of ether oxygens (including phenoxy) is 1. The maximum absolute atomic E-state index is 11.9. The van der Waals surface area contributed by atoms with Gasteiger partial charge in [-0.3, -0.25) is 9.48 Å². The fourth-order valence-corrected chi connectivity index (χ4v) is 2.51. The van der Waals surface area contributed by atoms with Crippen molar-refractivity contribution in [3.63, 3.8) is 0 Å². The molecular weight excluding hydrogens is 304 g/mol. The van der Waals surface area contributed by atoms with Gasteiger partial charge < -0.3 is 9.84 Å². The van der Waals surface area contributed by atoms with Gasteiger partial charge in [0.1, 0.15) is 12.3 Å². The van der Waals surface area contributed by atoms with E-state index in [0.717, 1.165) is 16.8 Å². The minimum absolute atomic E-state index is 0.0386. The number of carbonyl (C=O) groups excluding carboxylic acids is 1. The molecule has 5 heteroatoms. The van der Waals surface area contributed by atoms with Gasteiger partial charge in [0, 0.05) is 5.56 Å². The zero-order valence-corrected chi connectivity index (χ0v) is 13.3. The number of phenolic OH excluding ortho intramolecular Hbond substituents is 1. The highest BCUT2D eigenvalue weighted by Crippen LogP contribution is 2.27. The molecule has 0 aliphatic rings. The lowest BCUT2D eigenvalue weighted by Crippen LogP contribution is -2.15. The van der Waals surface area contributed by atoms with Gasteiger partial charge in [-0.25, -0.2) is 0 Å². The molecule has 122 valence electrons. The van der Waals surface area contributed by atoms with E-state index in [1.807, 2.05) is 42.5 Å². The molecule has 3 aromatic rings. The van der Waals surface area contributed by atoms with Gasteiger partial charge in [0.25, 0.3) is 0 Å². The topological polar surface area (TPSA) is 64.4 Å². The Morgan fingerprint density at radius 1 is 1.08 bits per heavy atom. The zero-order valence-electron chi connectivity index (χ0n) is 13.3. The summed E-state index contributed by atoms with van der Waals surface area (Å²) in [5, 5.41) is 14.2. The molecule has 24 heavy (non-hydrogen) atoms. The number of aromatic nitrogens is 2. The van der Waals surface area contributed by atoms with E-state index >= 15 is 0 Å². The predicted molar refractivity (Wildman–Crippen MR) is 91.4 cm³/mol. The van der Waals surface area contributed by atoms with Gasteiger partial charge in [-0.05, 0) is 30.7 Å². The average molecular weight is 322 g/mol. The molecule has 0 unspecified atom stereocenters. The van der Waals surface area contributed by atoms with Gasteiger partial charge in [-0.1, -0.05) is 42.5 Å². The first-order valence-electron chi connectivity index (χ1n) is 7.75. The Morgan fingerprint density at radius 2 is 1.83 bits per heavy atom. The Bertz CT molecular complexity index is 841. The van der Waals surface area contributed by atoms with Crippen LogP contribution in [0.5, 0.6) is 5.75 Å². The van der Waals surface area contributed by atoms with Gasteiger partial charge in [0.15, 0.2) is 0 Å². The summed E-state index contributed by atoms with van der Waals surface area (Å²) in [5.41, 5.74) is 3.26. The lowest BCUT2D eigenvalue weighted by molar-refractivity contribution is -0.144. The van der Waals surface area contributed by atoms with E-state index in [0.29, 0.717) is 12.3 Å². The highest BCUT2D eigenvalue weighted by Gasteiger charge is 2.14. The Morgan fingerprint density at radius 3 is 2.54 bits per heavy atom. The smallest absolute Gasteiger partial charge is 0.327 e. The van der Waals surface area contributed by atoms with Crippen LogP contribution in [0.25, 0.3) is 22.5 Å². The van der Waals surface area contributed by atoms with Crippen molar-refractivity contribution in [1.82, 2.24) is 9.78 Å². The van der Waals surface area contributed by atoms with Gasteiger partial charge in [0.2, 0.25) is 0 Å². The maximum Gasteiger partial charge on any atom is 0.327 e. The van der Waals surface area contributed by atoms with E-state index in [2.05, 4.69) is 5.10 Å². The van der Waals surface area contributed by atoms with Crippen molar-refractivity contribution in [3.05, 3.63) is 60.7 Å². The third kappa shape index (κ3) is 3.46. The highest BCUT2D eigenvalue weighted by molar-refractivity contribution is 5.73. The molecule has 0 fully saturated rings. The number of esters is 1. The van der Waals surface area contributed by atoms with Gasteiger partial charge in [0.05, 0.1) is 18.0 Å². The van der Waals surface area contributed by atoms with Crippen LogP contribution in [0, 0.1) is 0 Å². The van der Waals surface area contributed by atoms with Crippen LogP contribution in [-0.2, 0) is 16.1 Å². The molecule has 0 amide bonds. The van der Waals surface area contributed by atoms with Crippen molar-refractivity contribution in [1.29, 1.82) is 0 Å². The minimum Gasteiger partial charge on any atom is -0.508 e. The predicted octanol–water partition coefficient (Wildman–Crippen LogP) is 3.49. The number of aromatic hydroxyl groups is 1. The van der Waals surface area contributed by atoms with Crippen molar-refractivity contribution in [3.8, 4) is 28.3 Å². The maximum atomic E-state index is 11.9. The molecule has 0 atom stereocenters. The molecule has 0 bridgehead atoms. The van der Waals surface area contributed by atoms with Crippen LogP contribution in [0.3, 0.4) is 0 Å². The van der Waals surface area contributed by atoms with Crippen molar-refractivity contribution < 1.29 is 14.6 Å². The van der Waals surface area contributed by atoms with Crippen LogP contribution in [-0.4, -0.2) is 27.5 Å². The molecule has 5 nitrogen and oxygen atoms in total. The Balaban J connectivity index is 2.03. The van der Waals surface area contributed by atoms with Crippen molar-refractivity contribution in [2.75, 3.05) is 6.61 Å². The molecule has 1 N–H and O–H groups in total. The summed E-state index contributed by atoms with van der Waals surface area (Å²) in [6.45, 7) is 2.15. The second kappa shape index (κ2) is 7.00. The number of rotatable bonds is 5. The molecule has 0 saturated heterocycles. The van der Waals surface area contributed by atoms with E-state index in [4.69, 9.17) is 4.74 Å². The lowest BCUT2D eigenvalue weighted by Gasteiger charge is -2.07. The number of nitrogens with zero attached hydrogens (tertiary/aromatic N) is 2. The number of carbonyl (C=O) groups is 1. The van der Waals surface area contributed by atoms with E-state index in [-0.39, 0.29) is 18.3 Å². The lowest BCUT2D eigenvalue weighted by atomic mass is 10.1. The van der Waals surface area contributed by atoms with Crippen LogP contribution in [0.15, 0.2) is 60.7 Å². The third-order valence-corrected chi connectivity index (χ3v) is 3.58. The van der Waals surface area contributed by atoms with Crippen molar-refractivity contribution in [2.45, 2.75) is 13.5 Å². The van der Waals surface area contributed by atoms with Crippen LogP contribution >= 0.6 is 0 Å². The van der Waals surface area contributed by atoms with Crippen LogP contribution < -0.4 is 0 Å². The average Bonchev–Trinajstić information content (AvgIpc) is 2.99. The highest BCUT2D eigenvalue weighted by atomic mass is 16.5. The van der Waals surface area contributed by atoms with Crippen LogP contribution in [0.1, 0.15) is 6.92 Å². The van der Waals surface area contributed by atoms with Gasteiger partial charge in [-0.2, -0.15) is 5.10 Å². The Hall–Kier alpha value is -3.08. The number of benzene rings is 2. The SMILES string of the molecule is CCOC(=O)Cn1nc(-c2cccc(O)c2)cc1-c1ccccc1. The number of hydrogen-bond acceptors (Lipinski definition) is 4. The summed E-state index contributed by atoms with van der Waals surface area (Å²) >= 11 is 0. The molecule has 3 rings (SSSR count). The molecule has 0 spiro atoms. The molecular formula is C19H18N2O3. The van der Waals surface area contributed by atoms with Gasteiger partial charge in [-0.15, -0.1) is 0 Å². The molecule has 0 aliphatic heterocycles. The second-order valence-corrected chi connectivity index (χ2v) is 5.29. The summed E-state index contributed by atoms with van der Waals surface area (Å²) in [5.74, 6) is -0.158. The first-order valence-corrected chi connectivity index (χ1v) is 7.75. The third-order valence-electron chi connectivity index (χ3n) is 3.58. The van der Waals surface area contributed by atoms with Crippen molar-refractivity contribution >= 4 is 5.97 Å². The second-order valence-electron chi connectivity index (χ2n) is 5.29. The van der Waals surface area contributed by atoms with E-state index in [1.165, 1.54) is 0 Å². The number of phenols is 1. The first kappa shape index (κ1) is 15.8. The monoisotopic (exact) mass is 322 g/mol. The van der Waals surface area contributed by atoms with Crippen molar-refractivity contribution in [2.24, 2.45) is 0 Å². The largest absolute Gasteiger partial charge is 0.508 e. The number of hydrogen-bond donors (Lipinski definition) is 1. The normalized spacial score (nSPS) is 10.5. The Kier molecular flexibility index (Phi) is 4.61. The first-order chi connectivity index (χ1) is 11.7. The molecule has 0 radical (unpaired) electrons. The van der Waals surface area contributed by atoms with Crippen LogP contribution in [0.4, 0.5) is 0 Å². The summed E-state index contributed by atoms with van der Waals surface area (Å²) in [4.78, 5) is 11.9. The summed E-state index contributed by atoms with van der Waals surface area (Å²) < 4.78 is 6.66. The molecule has 2 aromatic carbocycles. The molecule has 1 aromatic heterocycles. The Labute approximate surface area is 140 Å². The summed E-state index contributed by atoms with van der Waals surface area (Å²) in [7, 11) is 0. The van der Waals surface area contributed by atoms with Crippen LogP contribution in [0.2, 0.25) is 0 Å². The van der Waals surface area contributed by atoms with Gasteiger partial charge >= 0.3 is 5.97 Å². The molecule has 0 aliphatic carbocycles.